The predicted octanol–water partition coefficient (Wildman–Crippen LogP) is 2.00. The van der Waals surface area contributed by atoms with Gasteiger partial charge in [0.15, 0.2) is 5.16 Å². The number of esters is 1. The summed E-state index contributed by atoms with van der Waals surface area (Å²) in [6.45, 7) is 5.51. The minimum Gasteiger partial charge on any atom is -0.466 e. The second-order valence-electron chi connectivity index (χ2n) is 3.64. The zero-order valence-corrected chi connectivity index (χ0v) is 12.3. The summed E-state index contributed by atoms with van der Waals surface area (Å²) in [6.07, 6.45) is 2.25. The lowest BCUT2D eigenvalue weighted by atomic mass is 10.4. The molecule has 0 saturated heterocycles. The summed E-state index contributed by atoms with van der Waals surface area (Å²) in [5.41, 5.74) is 0. The first kappa shape index (κ1) is 15.6. The maximum Gasteiger partial charge on any atom is 0.307 e. The van der Waals surface area contributed by atoms with Crippen LogP contribution in [0.4, 0.5) is 11.6 Å². The summed E-state index contributed by atoms with van der Waals surface area (Å²) in [6, 6.07) is 1.83. The van der Waals surface area contributed by atoms with Crippen LogP contribution < -0.4 is 10.6 Å². The molecule has 2 N–H and O–H groups in total. The Morgan fingerprint density at radius 2 is 2.00 bits per heavy atom. The Morgan fingerprint density at radius 1 is 1.32 bits per heavy atom. The summed E-state index contributed by atoms with van der Waals surface area (Å²) in [7, 11) is 0. The Balaban J connectivity index is 2.56. The molecule has 0 spiro atoms. The van der Waals surface area contributed by atoms with Gasteiger partial charge in [0.05, 0.1) is 13.0 Å². The fraction of sp³-hybridized carbons (Fsp3) is 0.583. The number of anilines is 2. The number of carbonyl (C=O) groups excluding carboxylic acids is 1. The first-order chi connectivity index (χ1) is 9.19. The molecular weight excluding hydrogens is 264 g/mol. The number of nitrogens with zero attached hydrogens (tertiary/aromatic N) is 2. The lowest BCUT2D eigenvalue weighted by molar-refractivity contribution is -0.142. The van der Waals surface area contributed by atoms with Crippen LogP contribution in [-0.4, -0.2) is 41.9 Å². The molecule has 1 aromatic rings. The normalized spacial score (nSPS) is 10.1. The molecule has 0 aliphatic carbocycles. The smallest absolute Gasteiger partial charge is 0.307 e. The van der Waals surface area contributed by atoms with Crippen LogP contribution in [0.2, 0.25) is 0 Å². The molecule has 0 bridgehead atoms. The van der Waals surface area contributed by atoms with E-state index in [1.54, 1.807) is 6.92 Å². The summed E-state index contributed by atoms with van der Waals surface area (Å²) >= 11 is 1.48. The van der Waals surface area contributed by atoms with E-state index < -0.39 is 0 Å². The Hall–Kier alpha value is -1.50. The van der Waals surface area contributed by atoms with E-state index in [1.807, 2.05) is 19.2 Å². The van der Waals surface area contributed by atoms with Crippen LogP contribution in [0.1, 0.15) is 20.3 Å². The summed E-state index contributed by atoms with van der Waals surface area (Å²) in [5.74, 6) is 1.28. The van der Waals surface area contributed by atoms with Gasteiger partial charge in [-0.15, -0.1) is 0 Å². The molecule has 19 heavy (non-hydrogen) atoms. The zero-order valence-electron chi connectivity index (χ0n) is 11.5. The Kier molecular flexibility index (Phi) is 7.02. The molecular formula is C12H20N4O2S. The highest BCUT2D eigenvalue weighted by atomic mass is 32.2. The van der Waals surface area contributed by atoms with Crippen LogP contribution in [0.3, 0.4) is 0 Å². The van der Waals surface area contributed by atoms with E-state index >= 15 is 0 Å². The Morgan fingerprint density at radius 3 is 2.58 bits per heavy atom. The van der Waals surface area contributed by atoms with Gasteiger partial charge in [0.25, 0.3) is 0 Å². The molecule has 0 aliphatic heterocycles. The van der Waals surface area contributed by atoms with E-state index in [0.717, 1.165) is 12.4 Å². The van der Waals surface area contributed by atoms with Crippen molar-refractivity contribution in [3.63, 3.8) is 0 Å². The molecule has 0 unspecified atom stereocenters. The molecule has 0 atom stereocenters. The SMILES string of the molecule is CCNc1cc(NCCC(=O)OCC)nc(SC)n1. The first-order valence-electron chi connectivity index (χ1n) is 6.26. The standard InChI is InChI=1S/C12H20N4O2S/c1-4-13-9-8-10(16-12(15-9)19-3)14-7-6-11(17)18-5-2/h8H,4-7H2,1-3H3,(H2,13,14,15,16). The van der Waals surface area contributed by atoms with Crippen LogP contribution in [0.25, 0.3) is 0 Å². The molecule has 0 radical (unpaired) electrons. The van der Waals surface area contributed by atoms with Gasteiger partial charge in [0, 0.05) is 19.2 Å². The molecule has 0 saturated carbocycles. The maximum absolute atomic E-state index is 11.2. The van der Waals surface area contributed by atoms with Gasteiger partial charge >= 0.3 is 5.97 Å². The van der Waals surface area contributed by atoms with Crippen LogP contribution in [0.5, 0.6) is 0 Å². The predicted molar refractivity (Wildman–Crippen MR) is 77.7 cm³/mol. The number of carbonyl (C=O) groups is 1. The average Bonchev–Trinajstić information content (AvgIpc) is 2.39. The fourth-order valence-corrected chi connectivity index (χ4v) is 1.78. The maximum atomic E-state index is 11.2. The third kappa shape index (κ3) is 5.78. The van der Waals surface area contributed by atoms with Crippen molar-refractivity contribution in [2.45, 2.75) is 25.4 Å². The number of hydrogen-bond donors (Lipinski definition) is 2. The number of thioether (sulfide) groups is 1. The molecule has 106 valence electrons. The Labute approximate surface area is 117 Å². The summed E-state index contributed by atoms with van der Waals surface area (Å²) in [5, 5.41) is 6.94. The largest absolute Gasteiger partial charge is 0.466 e. The van der Waals surface area contributed by atoms with Crippen molar-refractivity contribution in [3.8, 4) is 0 Å². The molecule has 0 aliphatic rings. The molecule has 7 heteroatoms. The molecule has 0 amide bonds. The van der Waals surface area contributed by atoms with Crippen LogP contribution >= 0.6 is 11.8 Å². The lowest BCUT2D eigenvalue weighted by Gasteiger charge is -2.09. The minimum absolute atomic E-state index is 0.207. The van der Waals surface area contributed by atoms with Gasteiger partial charge in [-0.1, -0.05) is 11.8 Å². The van der Waals surface area contributed by atoms with E-state index in [9.17, 15) is 4.79 Å². The average molecular weight is 284 g/mol. The number of hydrogen-bond acceptors (Lipinski definition) is 7. The van der Waals surface area contributed by atoms with Gasteiger partial charge in [0.1, 0.15) is 11.6 Å². The molecule has 1 heterocycles. The van der Waals surface area contributed by atoms with Crippen molar-refractivity contribution in [2.24, 2.45) is 0 Å². The zero-order chi connectivity index (χ0) is 14.1. The van der Waals surface area contributed by atoms with E-state index in [4.69, 9.17) is 4.74 Å². The molecule has 0 fully saturated rings. The number of ether oxygens (including phenoxy) is 1. The topological polar surface area (TPSA) is 76.1 Å². The summed E-state index contributed by atoms with van der Waals surface area (Å²) in [4.78, 5) is 19.9. The van der Waals surface area contributed by atoms with Crippen LogP contribution in [0, 0.1) is 0 Å². The third-order valence-corrected chi connectivity index (χ3v) is 2.73. The monoisotopic (exact) mass is 284 g/mol. The highest BCUT2D eigenvalue weighted by Crippen LogP contribution is 2.17. The second kappa shape index (κ2) is 8.58. The van der Waals surface area contributed by atoms with E-state index in [0.29, 0.717) is 30.5 Å². The van der Waals surface area contributed by atoms with Gasteiger partial charge in [-0.2, -0.15) is 0 Å². The quantitative estimate of drug-likeness (QED) is 0.429. The van der Waals surface area contributed by atoms with Crippen LogP contribution in [0.15, 0.2) is 11.2 Å². The van der Waals surface area contributed by atoms with E-state index in [2.05, 4.69) is 20.6 Å². The van der Waals surface area contributed by atoms with Gasteiger partial charge in [-0.25, -0.2) is 9.97 Å². The summed E-state index contributed by atoms with van der Waals surface area (Å²) < 4.78 is 4.86. The number of rotatable bonds is 8. The van der Waals surface area contributed by atoms with Gasteiger partial charge in [-0.05, 0) is 20.1 Å². The molecule has 6 nitrogen and oxygen atoms in total. The lowest BCUT2D eigenvalue weighted by Crippen LogP contribution is -2.12. The molecule has 1 aromatic heterocycles. The van der Waals surface area contributed by atoms with Crippen molar-refractivity contribution in [2.75, 3.05) is 36.6 Å². The third-order valence-electron chi connectivity index (χ3n) is 2.19. The fourth-order valence-electron chi connectivity index (χ4n) is 1.40. The van der Waals surface area contributed by atoms with E-state index in [-0.39, 0.29) is 5.97 Å². The highest BCUT2D eigenvalue weighted by molar-refractivity contribution is 7.98. The van der Waals surface area contributed by atoms with Crippen molar-refractivity contribution in [1.82, 2.24) is 9.97 Å². The van der Waals surface area contributed by atoms with E-state index in [1.165, 1.54) is 11.8 Å². The molecule has 0 aromatic carbocycles. The van der Waals surface area contributed by atoms with Crippen molar-refractivity contribution in [1.29, 1.82) is 0 Å². The minimum atomic E-state index is -0.207. The van der Waals surface area contributed by atoms with Gasteiger partial charge in [-0.3, -0.25) is 4.79 Å². The second-order valence-corrected chi connectivity index (χ2v) is 4.41. The first-order valence-corrected chi connectivity index (χ1v) is 7.48. The van der Waals surface area contributed by atoms with Gasteiger partial charge < -0.3 is 15.4 Å². The number of nitrogens with one attached hydrogen (secondary N) is 2. The van der Waals surface area contributed by atoms with Crippen molar-refractivity contribution < 1.29 is 9.53 Å². The highest BCUT2D eigenvalue weighted by Gasteiger charge is 2.05. The number of aromatic nitrogens is 2. The Bertz CT molecular complexity index is 415. The van der Waals surface area contributed by atoms with Crippen molar-refractivity contribution in [3.05, 3.63) is 6.07 Å². The van der Waals surface area contributed by atoms with Crippen molar-refractivity contribution >= 4 is 29.4 Å². The van der Waals surface area contributed by atoms with Crippen LogP contribution in [-0.2, 0) is 9.53 Å². The van der Waals surface area contributed by atoms with Gasteiger partial charge in [0.2, 0.25) is 0 Å². The molecule has 1 rings (SSSR count).